The number of amides is 1. The molecule has 1 saturated heterocycles. The number of aryl methyl sites for hydroxylation is 1. The van der Waals surface area contributed by atoms with Crippen molar-refractivity contribution in [2.24, 2.45) is 5.92 Å². The van der Waals surface area contributed by atoms with Gasteiger partial charge in [0.1, 0.15) is 0 Å². The van der Waals surface area contributed by atoms with Crippen LogP contribution in [0, 0.1) is 12.8 Å². The summed E-state index contributed by atoms with van der Waals surface area (Å²) in [4.78, 5) is 12.2. The van der Waals surface area contributed by atoms with Crippen molar-refractivity contribution >= 4 is 5.91 Å². The molecule has 1 aromatic carbocycles. The quantitative estimate of drug-likeness (QED) is 0.858. The van der Waals surface area contributed by atoms with E-state index in [1.165, 1.54) is 11.1 Å². The molecule has 0 radical (unpaired) electrons. The van der Waals surface area contributed by atoms with Gasteiger partial charge in [0.25, 0.3) is 0 Å². The number of rotatable bonds is 3. The molecule has 2 rings (SSSR count). The van der Waals surface area contributed by atoms with Gasteiger partial charge in [-0.05, 0) is 39.3 Å². The number of carbonyl (C=O) groups is 1. The van der Waals surface area contributed by atoms with E-state index in [0.717, 1.165) is 13.0 Å². The predicted molar refractivity (Wildman–Crippen MR) is 73.3 cm³/mol. The number of hydrogen-bond acceptors (Lipinski definition) is 2. The molecule has 1 fully saturated rings. The SMILES string of the molecule is Cc1cccc([C@@H](C)NC(=O)C2CCNC2C)c1. The smallest absolute Gasteiger partial charge is 0.225 e. The maximum atomic E-state index is 12.2. The van der Waals surface area contributed by atoms with E-state index in [0.29, 0.717) is 0 Å². The third-order valence-electron chi connectivity index (χ3n) is 3.76. The van der Waals surface area contributed by atoms with Crippen molar-refractivity contribution in [2.45, 2.75) is 39.3 Å². The minimum atomic E-state index is 0.0743. The zero-order valence-electron chi connectivity index (χ0n) is 11.4. The minimum absolute atomic E-state index is 0.0743. The van der Waals surface area contributed by atoms with Gasteiger partial charge in [-0.15, -0.1) is 0 Å². The Balaban J connectivity index is 1.98. The highest BCUT2D eigenvalue weighted by Gasteiger charge is 2.29. The van der Waals surface area contributed by atoms with E-state index in [1.54, 1.807) is 0 Å². The van der Waals surface area contributed by atoms with Crippen molar-refractivity contribution in [3.8, 4) is 0 Å². The van der Waals surface area contributed by atoms with Gasteiger partial charge in [-0.2, -0.15) is 0 Å². The second kappa shape index (κ2) is 5.53. The largest absolute Gasteiger partial charge is 0.349 e. The lowest BCUT2D eigenvalue weighted by Gasteiger charge is -2.20. The van der Waals surface area contributed by atoms with E-state index >= 15 is 0 Å². The first kappa shape index (κ1) is 13.1. The molecule has 1 aliphatic heterocycles. The summed E-state index contributed by atoms with van der Waals surface area (Å²) in [6.45, 7) is 7.13. The van der Waals surface area contributed by atoms with Crippen LogP contribution in [0.25, 0.3) is 0 Å². The summed E-state index contributed by atoms with van der Waals surface area (Å²) in [6.07, 6.45) is 0.938. The minimum Gasteiger partial charge on any atom is -0.349 e. The monoisotopic (exact) mass is 246 g/mol. The van der Waals surface area contributed by atoms with E-state index in [-0.39, 0.29) is 23.9 Å². The van der Waals surface area contributed by atoms with Crippen LogP contribution in [0.2, 0.25) is 0 Å². The Labute approximate surface area is 109 Å². The molecule has 18 heavy (non-hydrogen) atoms. The number of carbonyl (C=O) groups excluding carboxylic acids is 1. The first-order valence-electron chi connectivity index (χ1n) is 6.68. The average molecular weight is 246 g/mol. The summed E-state index contributed by atoms with van der Waals surface area (Å²) in [5, 5.41) is 6.43. The average Bonchev–Trinajstić information content (AvgIpc) is 2.75. The molecule has 3 nitrogen and oxygen atoms in total. The Kier molecular flexibility index (Phi) is 4.02. The van der Waals surface area contributed by atoms with Crippen molar-refractivity contribution in [1.29, 1.82) is 0 Å². The Morgan fingerprint density at radius 3 is 2.89 bits per heavy atom. The Morgan fingerprint density at radius 1 is 1.50 bits per heavy atom. The Hall–Kier alpha value is -1.35. The van der Waals surface area contributed by atoms with Gasteiger partial charge >= 0.3 is 0 Å². The van der Waals surface area contributed by atoms with Crippen LogP contribution in [0.1, 0.15) is 37.4 Å². The van der Waals surface area contributed by atoms with Gasteiger partial charge in [0.15, 0.2) is 0 Å². The molecule has 0 spiro atoms. The molecule has 1 heterocycles. The van der Waals surface area contributed by atoms with Gasteiger partial charge < -0.3 is 10.6 Å². The molecule has 1 amide bonds. The van der Waals surface area contributed by atoms with Crippen LogP contribution < -0.4 is 10.6 Å². The first-order chi connectivity index (χ1) is 8.58. The standard InChI is InChI=1S/C15H22N2O/c1-10-5-4-6-13(9-10)11(2)17-15(18)14-7-8-16-12(14)3/h4-6,9,11-12,14,16H,7-8H2,1-3H3,(H,17,18)/t11-,12?,14?/m1/s1. The molecule has 1 aromatic rings. The van der Waals surface area contributed by atoms with Crippen LogP contribution in [0.15, 0.2) is 24.3 Å². The highest BCUT2D eigenvalue weighted by molar-refractivity contribution is 5.80. The molecule has 0 bridgehead atoms. The summed E-state index contributed by atoms with van der Waals surface area (Å²) in [5.41, 5.74) is 2.39. The Bertz CT molecular complexity index is 430. The number of benzene rings is 1. The van der Waals surface area contributed by atoms with Crippen molar-refractivity contribution < 1.29 is 4.79 Å². The molecular formula is C15H22N2O. The molecule has 1 aliphatic rings. The molecule has 2 N–H and O–H groups in total. The van der Waals surface area contributed by atoms with E-state index in [4.69, 9.17) is 0 Å². The first-order valence-corrected chi connectivity index (χ1v) is 6.68. The van der Waals surface area contributed by atoms with Gasteiger partial charge in [-0.1, -0.05) is 29.8 Å². The van der Waals surface area contributed by atoms with Crippen LogP contribution in [-0.4, -0.2) is 18.5 Å². The molecule has 0 aliphatic carbocycles. The van der Waals surface area contributed by atoms with Crippen molar-refractivity contribution in [3.05, 3.63) is 35.4 Å². The summed E-state index contributed by atoms with van der Waals surface area (Å²) in [6, 6.07) is 8.66. The lowest BCUT2D eigenvalue weighted by atomic mass is 9.99. The molecular weight excluding hydrogens is 224 g/mol. The van der Waals surface area contributed by atoms with Crippen molar-refractivity contribution in [2.75, 3.05) is 6.54 Å². The molecule has 3 atom stereocenters. The maximum absolute atomic E-state index is 12.2. The third-order valence-corrected chi connectivity index (χ3v) is 3.76. The van der Waals surface area contributed by atoms with Crippen LogP contribution >= 0.6 is 0 Å². The van der Waals surface area contributed by atoms with Gasteiger partial charge in [-0.25, -0.2) is 0 Å². The van der Waals surface area contributed by atoms with Crippen LogP contribution in [0.4, 0.5) is 0 Å². The maximum Gasteiger partial charge on any atom is 0.225 e. The number of hydrogen-bond donors (Lipinski definition) is 2. The van der Waals surface area contributed by atoms with Crippen LogP contribution in [-0.2, 0) is 4.79 Å². The predicted octanol–water partition coefficient (Wildman–Crippen LogP) is 2.17. The van der Waals surface area contributed by atoms with E-state index in [1.807, 2.05) is 13.0 Å². The summed E-state index contributed by atoms with van der Waals surface area (Å²) in [5.74, 6) is 0.277. The normalized spacial score (nSPS) is 24.8. The topological polar surface area (TPSA) is 41.1 Å². The second-order valence-corrected chi connectivity index (χ2v) is 5.28. The summed E-state index contributed by atoms with van der Waals surface area (Å²) in [7, 11) is 0. The summed E-state index contributed by atoms with van der Waals surface area (Å²) >= 11 is 0. The second-order valence-electron chi connectivity index (χ2n) is 5.28. The zero-order valence-corrected chi connectivity index (χ0v) is 11.4. The van der Waals surface area contributed by atoms with Gasteiger partial charge in [0, 0.05) is 6.04 Å². The molecule has 3 heteroatoms. The van der Waals surface area contributed by atoms with Crippen LogP contribution in [0.5, 0.6) is 0 Å². The zero-order chi connectivity index (χ0) is 13.1. The third kappa shape index (κ3) is 2.91. The molecule has 0 saturated carbocycles. The van der Waals surface area contributed by atoms with Crippen molar-refractivity contribution in [1.82, 2.24) is 10.6 Å². The van der Waals surface area contributed by atoms with E-state index in [9.17, 15) is 4.79 Å². The Morgan fingerprint density at radius 2 is 2.28 bits per heavy atom. The van der Waals surface area contributed by atoms with Gasteiger partial charge in [0.05, 0.1) is 12.0 Å². The fourth-order valence-electron chi connectivity index (χ4n) is 2.56. The number of nitrogens with one attached hydrogen (secondary N) is 2. The van der Waals surface area contributed by atoms with Gasteiger partial charge in [0.2, 0.25) is 5.91 Å². The lowest BCUT2D eigenvalue weighted by molar-refractivity contribution is -0.125. The van der Waals surface area contributed by atoms with E-state index in [2.05, 4.69) is 42.7 Å². The summed E-state index contributed by atoms with van der Waals surface area (Å²) < 4.78 is 0. The highest BCUT2D eigenvalue weighted by Crippen LogP contribution is 2.18. The van der Waals surface area contributed by atoms with Crippen LogP contribution in [0.3, 0.4) is 0 Å². The molecule has 98 valence electrons. The molecule has 2 unspecified atom stereocenters. The van der Waals surface area contributed by atoms with Gasteiger partial charge in [-0.3, -0.25) is 4.79 Å². The molecule has 0 aromatic heterocycles. The highest BCUT2D eigenvalue weighted by atomic mass is 16.2. The fraction of sp³-hybridized carbons (Fsp3) is 0.533. The van der Waals surface area contributed by atoms with E-state index < -0.39 is 0 Å². The lowest BCUT2D eigenvalue weighted by Crippen LogP contribution is -2.37. The van der Waals surface area contributed by atoms with Crippen molar-refractivity contribution in [3.63, 3.8) is 0 Å². The fourth-order valence-corrected chi connectivity index (χ4v) is 2.56.